The highest BCUT2D eigenvalue weighted by molar-refractivity contribution is 6.31. The molecule has 108 valence electrons. The van der Waals surface area contributed by atoms with Gasteiger partial charge >= 0.3 is 0 Å². The summed E-state index contributed by atoms with van der Waals surface area (Å²) < 4.78 is 0. The third-order valence-corrected chi connectivity index (χ3v) is 3.08. The second kappa shape index (κ2) is 6.23. The van der Waals surface area contributed by atoms with Gasteiger partial charge in [0.25, 0.3) is 11.6 Å². The lowest BCUT2D eigenvalue weighted by molar-refractivity contribution is -0.383. The van der Waals surface area contributed by atoms with E-state index in [1.165, 1.54) is 18.2 Å². The molecule has 7 heteroatoms. The number of rotatable bonds is 4. The van der Waals surface area contributed by atoms with E-state index in [9.17, 15) is 14.9 Å². The van der Waals surface area contributed by atoms with Crippen molar-refractivity contribution in [3.8, 4) is 0 Å². The highest BCUT2D eigenvalue weighted by Crippen LogP contribution is 2.28. The first kappa shape index (κ1) is 14.8. The number of carbonyl (C=O) groups is 1. The molecule has 2 aromatic carbocycles. The van der Waals surface area contributed by atoms with Crippen LogP contribution in [0.2, 0.25) is 5.02 Å². The Morgan fingerprint density at radius 1 is 1.19 bits per heavy atom. The van der Waals surface area contributed by atoms with Gasteiger partial charge in [-0.05, 0) is 24.3 Å². The van der Waals surface area contributed by atoms with E-state index < -0.39 is 10.8 Å². The fraction of sp³-hybridized carbons (Fsp3) is 0.0714. The Labute approximate surface area is 125 Å². The van der Waals surface area contributed by atoms with Crippen LogP contribution in [0.5, 0.6) is 0 Å². The SMILES string of the molecule is CNc1ccccc1C(=O)Nc1cc(Cl)ccc1[N+](=O)[O-]. The topological polar surface area (TPSA) is 84.3 Å². The molecule has 0 aliphatic carbocycles. The van der Waals surface area contributed by atoms with Crippen molar-refractivity contribution in [1.29, 1.82) is 0 Å². The van der Waals surface area contributed by atoms with E-state index in [4.69, 9.17) is 11.6 Å². The average Bonchev–Trinajstić information content (AvgIpc) is 2.46. The molecule has 1 amide bonds. The Morgan fingerprint density at radius 2 is 1.90 bits per heavy atom. The first-order chi connectivity index (χ1) is 10.0. The van der Waals surface area contributed by atoms with Crippen LogP contribution in [-0.4, -0.2) is 17.9 Å². The molecular weight excluding hydrogens is 294 g/mol. The molecule has 0 aliphatic heterocycles. The summed E-state index contributed by atoms with van der Waals surface area (Å²) >= 11 is 5.82. The van der Waals surface area contributed by atoms with Crippen LogP contribution in [0, 0.1) is 10.1 Å². The number of hydrogen-bond acceptors (Lipinski definition) is 4. The Balaban J connectivity index is 2.36. The summed E-state index contributed by atoms with van der Waals surface area (Å²) in [6.07, 6.45) is 0. The standard InChI is InChI=1S/C14H12ClN3O3/c1-16-11-5-3-2-4-10(11)14(19)17-12-8-9(15)6-7-13(12)18(20)21/h2-8,16H,1H3,(H,17,19). The van der Waals surface area contributed by atoms with Crippen molar-refractivity contribution >= 4 is 34.6 Å². The van der Waals surface area contributed by atoms with Crippen LogP contribution in [0.3, 0.4) is 0 Å². The summed E-state index contributed by atoms with van der Waals surface area (Å²) in [5.41, 5.74) is 0.854. The van der Waals surface area contributed by atoms with Gasteiger partial charge in [-0.15, -0.1) is 0 Å². The molecule has 0 aliphatic rings. The minimum atomic E-state index is -0.573. The first-order valence-corrected chi connectivity index (χ1v) is 6.43. The van der Waals surface area contributed by atoms with E-state index in [1.54, 1.807) is 31.3 Å². The number of nitro groups is 1. The second-order valence-corrected chi connectivity index (χ2v) is 4.60. The van der Waals surface area contributed by atoms with E-state index in [2.05, 4.69) is 10.6 Å². The number of hydrogen-bond donors (Lipinski definition) is 2. The fourth-order valence-electron chi connectivity index (χ4n) is 1.86. The molecule has 0 aromatic heterocycles. The summed E-state index contributed by atoms with van der Waals surface area (Å²) in [6.45, 7) is 0. The molecule has 0 fully saturated rings. The number of nitrogens with one attached hydrogen (secondary N) is 2. The number of anilines is 2. The normalized spacial score (nSPS) is 10.0. The molecule has 0 atom stereocenters. The third kappa shape index (κ3) is 3.29. The van der Waals surface area contributed by atoms with Gasteiger partial charge in [0, 0.05) is 23.8 Å². The van der Waals surface area contributed by atoms with Gasteiger partial charge in [0.2, 0.25) is 0 Å². The van der Waals surface area contributed by atoms with E-state index in [1.807, 2.05) is 0 Å². The fourth-order valence-corrected chi connectivity index (χ4v) is 2.03. The van der Waals surface area contributed by atoms with Gasteiger partial charge in [-0.2, -0.15) is 0 Å². The van der Waals surface area contributed by atoms with Crippen LogP contribution in [0.25, 0.3) is 0 Å². The number of benzene rings is 2. The highest BCUT2D eigenvalue weighted by Gasteiger charge is 2.18. The predicted molar refractivity (Wildman–Crippen MR) is 82.0 cm³/mol. The number of amides is 1. The maximum atomic E-state index is 12.3. The van der Waals surface area contributed by atoms with Crippen molar-refractivity contribution < 1.29 is 9.72 Å². The number of nitrogens with zero attached hydrogens (tertiary/aromatic N) is 1. The molecule has 0 bridgehead atoms. The molecule has 0 spiro atoms. The van der Waals surface area contributed by atoms with Crippen LogP contribution in [0.15, 0.2) is 42.5 Å². The summed E-state index contributed by atoms with van der Waals surface area (Å²) in [7, 11) is 1.69. The maximum Gasteiger partial charge on any atom is 0.292 e. The number of nitro benzene ring substituents is 1. The van der Waals surface area contributed by atoms with Crippen molar-refractivity contribution in [3.63, 3.8) is 0 Å². The third-order valence-electron chi connectivity index (χ3n) is 2.84. The van der Waals surface area contributed by atoms with E-state index >= 15 is 0 Å². The Kier molecular flexibility index (Phi) is 4.39. The molecule has 2 rings (SSSR count). The molecule has 0 saturated heterocycles. The van der Waals surface area contributed by atoms with Crippen molar-refractivity contribution in [2.45, 2.75) is 0 Å². The minimum absolute atomic E-state index is 0.0587. The predicted octanol–water partition coefficient (Wildman–Crippen LogP) is 3.54. The Bertz CT molecular complexity index is 704. The van der Waals surface area contributed by atoms with Gasteiger partial charge in [0.1, 0.15) is 5.69 Å². The lowest BCUT2D eigenvalue weighted by atomic mass is 10.1. The molecule has 0 saturated carbocycles. The van der Waals surface area contributed by atoms with E-state index in [0.717, 1.165) is 0 Å². The van der Waals surface area contributed by atoms with E-state index in [-0.39, 0.29) is 11.4 Å². The summed E-state index contributed by atoms with van der Waals surface area (Å²) in [6, 6.07) is 10.9. The molecule has 2 aromatic rings. The van der Waals surface area contributed by atoms with Crippen LogP contribution in [0.4, 0.5) is 17.1 Å². The number of carbonyl (C=O) groups excluding carboxylic acids is 1. The number of para-hydroxylation sites is 1. The molecule has 0 unspecified atom stereocenters. The smallest absolute Gasteiger partial charge is 0.292 e. The van der Waals surface area contributed by atoms with Crippen molar-refractivity contribution in [2.24, 2.45) is 0 Å². The first-order valence-electron chi connectivity index (χ1n) is 6.05. The molecule has 21 heavy (non-hydrogen) atoms. The zero-order valence-electron chi connectivity index (χ0n) is 11.1. The molecule has 0 heterocycles. The van der Waals surface area contributed by atoms with E-state index in [0.29, 0.717) is 16.3 Å². The second-order valence-electron chi connectivity index (χ2n) is 4.17. The summed E-state index contributed by atoms with van der Waals surface area (Å²) in [5.74, 6) is -0.453. The summed E-state index contributed by atoms with van der Waals surface area (Å²) in [4.78, 5) is 22.7. The monoisotopic (exact) mass is 305 g/mol. The Morgan fingerprint density at radius 3 is 2.57 bits per heavy atom. The average molecular weight is 306 g/mol. The van der Waals surface area contributed by atoms with Gasteiger partial charge in [0.05, 0.1) is 10.5 Å². The van der Waals surface area contributed by atoms with Gasteiger partial charge < -0.3 is 10.6 Å². The zero-order valence-corrected chi connectivity index (χ0v) is 11.8. The lowest BCUT2D eigenvalue weighted by Crippen LogP contribution is -2.14. The summed E-state index contributed by atoms with van der Waals surface area (Å²) in [5, 5.41) is 16.7. The van der Waals surface area contributed by atoms with Crippen LogP contribution >= 0.6 is 11.6 Å². The number of halogens is 1. The largest absolute Gasteiger partial charge is 0.387 e. The van der Waals surface area contributed by atoms with Crippen molar-refractivity contribution in [1.82, 2.24) is 0 Å². The quantitative estimate of drug-likeness (QED) is 0.668. The van der Waals surface area contributed by atoms with Gasteiger partial charge in [-0.25, -0.2) is 0 Å². The van der Waals surface area contributed by atoms with Crippen molar-refractivity contribution in [3.05, 3.63) is 63.2 Å². The lowest BCUT2D eigenvalue weighted by Gasteiger charge is -2.10. The molecular formula is C14H12ClN3O3. The van der Waals surface area contributed by atoms with Crippen LogP contribution in [-0.2, 0) is 0 Å². The molecule has 0 radical (unpaired) electrons. The van der Waals surface area contributed by atoms with Gasteiger partial charge in [0.15, 0.2) is 0 Å². The van der Waals surface area contributed by atoms with Crippen LogP contribution in [0.1, 0.15) is 10.4 Å². The Hall–Kier alpha value is -2.60. The molecule has 2 N–H and O–H groups in total. The zero-order chi connectivity index (χ0) is 15.4. The van der Waals surface area contributed by atoms with Crippen molar-refractivity contribution in [2.75, 3.05) is 17.7 Å². The highest BCUT2D eigenvalue weighted by atomic mass is 35.5. The van der Waals surface area contributed by atoms with Crippen LogP contribution < -0.4 is 10.6 Å². The van der Waals surface area contributed by atoms with Gasteiger partial charge in [-0.1, -0.05) is 23.7 Å². The minimum Gasteiger partial charge on any atom is -0.387 e. The molecule has 6 nitrogen and oxygen atoms in total. The maximum absolute atomic E-state index is 12.3. The van der Waals surface area contributed by atoms with Gasteiger partial charge in [-0.3, -0.25) is 14.9 Å².